The molecule has 1 saturated heterocycles. The molecule has 4 rings (SSSR count). The summed E-state index contributed by atoms with van der Waals surface area (Å²) >= 11 is 0. The zero-order valence-electron chi connectivity index (χ0n) is 17.4. The summed E-state index contributed by atoms with van der Waals surface area (Å²) in [6.07, 6.45) is 5.30. The maximum atomic E-state index is 12.6. The molecule has 0 unspecified atom stereocenters. The molecular formula is C24H29N5O. The van der Waals surface area contributed by atoms with Crippen LogP contribution in [0.4, 0.5) is 0 Å². The second-order valence-electron chi connectivity index (χ2n) is 7.98. The Bertz CT molecular complexity index is 917. The highest BCUT2D eigenvalue weighted by atomic mass is 16.1. The van der Waals surface area contributed by atoms with E-state index in [2.05, 4.69) is 20.3 Å². The molecule has 6 nitrogen and oxygen atoms in total. The number of hydrogen-bond donors (Lipinski definition) is 0. The van der Waals surface area contributed by atoms with Crippen LogP contribution in [0.25, 0.3) is 11.4 Å². The summed E-state index contributed by atoms with van der Waals surface area (Å²) in [5.41, 5.74) is 1.85. The minimum Gasteiger partial charge on any atom is -0.303 e. The number of likely N-dealkylation sites (tertiary alicyclic amines) is 1. The van der Waals surface area contributed by atoms with Crippen LogP contribution in [0.5, 0.6) is 0 Å². The molecule has 3 aromatic rings. The van der Waals surface area contributed by atoms with Crippen LogP contribution in [0.2, 0.25) is 0 Å². The van der Waals surface area contributed by atoms with E-state index < -0.39 is 0 Å². The van der Waals surface area contributed by atoms with Crippen LogP contribution in [-0.2, 0) is 6.54 Å². The summed E-state index contributed by atoms with van der Waals surface area (Å²) in [5.74, 6) is 1.18. The lowest BCUT2D eigenvalue weighted by atomic mass is 9.89. The largest absolute Gasteiger partial charge is 0.303 e. The minimum atomic E-state index is 0.181. The number of hydrogen-bond acceptors (Lipinski definition) is 5. The molecular weight excluding hydrogens is 374 g/mol. The molecule has 1 aliphatic rings. The Hall–Kier alpha value is -2.86. The first kappa shape index (κ1) is 20.4. The van der Waals surface area contributed by atoms with Crippen LogP contribution in [0, 0.1) is 5.92 Å². The molecule has 0 spiro atoms. The Morgan fingerprint density at radius 1 is 0.867 bits per heavy atom. The van der Waals surface area contributed by atoms with Crippen molar-refractivity contribution in [2.24, 2.45) is 5.92 Å². The van der Waals surface area contributed by atoms with Crippen LogP contribution in [-0.4, -0.2) is 50.5 Å². The van der Waals surface area contributed by atoms with Gasteiger partial charge in [-0.15, -0.1) is 10.2 Å². The molecule has 0 aliphatic carbocycles. The van der Waals surface area contributed by atoms with Crippen molar-refractivity contribution in [3.63, 3.8) is 0 Å². The average molecular weight is 404 g/mol. The van der Waals surface area contributed by atoms with E-state index in [0.29, 0.717) is 11.6 Å². The lowest BCUT2D eigenvalue weighted by molar-refractivity contribution is 0.0839. The first-order valence-corrected chi connectivity index (χ1v) is 10.9. The zero-order chi connectivity index (χ0) is 20.6. The van der Waals surface area contributed by atoms with E-state index in [-0.39, 0.29) is 5.92 Å². The molecule has 2 aromatic carbocycles. The van der Waals surface area contributed by atoms with Crippen molar-refractivity contribution < 1.29 is 4.79 Å². The highest BCUT2D eigenvalue weighted by Gasteiger charge is 2.25. The van der Waals surface area contributed by atoms with E-state index in [1.54, 1.807) is 4.80 Å². The van der Waals surface area contributed by atoms with Gasteiger partial charge in [0.25, 0.3) is 0 Å². The molecule has 0 amide bonds. The molecule has 0 atom stereocenters. The maximum Gasteiger partial charge on any atom is 0.204 e. The van der Waals surface area contributed by atoms with Crippen molar-refractivity contribution in [3.8, 4) is 11.4 Å². The Kier molecular flexibility index (Phi) is 6.98. The lowest BCUT2D eigenvalue weighted by Gasteiger charge is -2.31. The fraction of sp³-hybridized carbons (Fsp3) is 0.417. The Morgan fingerprint density at radius 3 is 2.27 bits per heavy atom. The molecule has 0 N–H and O–H groups in total. The van der Waals surface area contributed by atoms with E-state index in [0.717, 1.165) is 69.4 Å². The number of Topliss-reactive ketones (excluding diaryl/α,β-unsaturated/α-hetero) is 1. The molecule has 2 heterocycles. The van der Waals surface area contributed by atoms with Crippen molar-refractivity contribution in [2.75, 3.05) is 19.6 Å². The Balaban J connectivity index is 1.12. The molecule has 156 valence electrons. The molecule has 0 radical (unpaired) electrons. The highest BCUT2D eigenvalue weighted by molar-refractivity contribution is 5.97. The number of ketones is 1. The molecule has 0 saturated carbocycles. The lowest BCUT2D eigenvalue weighted by Crippen LogP contribution is -2.36. The number of tetrazole rings is 1. The fourth-order valence-corrected chi connectivity index (χ4v) is 4.06. The smallest absolute Gasteiger partial charge is 0.204 e. The quantitative estimate of drug-likeness (QED) is 0.397. The van der Waals surface area contributed by atoms with Gasteiger partial charge in [-0.25, -0.2) is 0 Å². The summed E-state index contributed by atoms with van der Waals surface area (Å²) in [4.78, 5) is 16.8. The standard InChI is InChI=1S/C24H29N5O/c30-23(20-10-4-1-5-11-20)21-14-18-28(19-15-21)16-8-3-9-17-29-26-24(25-27-29)22-12-6-2-7-13-22/h1-2,4-7,10-13,21H,3,8-9,14-19H2. The second-order valence-corrected chi connectivity index (χ2v) is 7.98. The van der Waals surface area contributed by atoms with E-state index in [9.17, 15) is 4.79 Å². The Morgan fingerprint density at radius 2 is 1.53 bits per heavy atom. The van der Waals surface area contributed by atoms with Gasteiger partial charge in [0, 0.05) is 17.0 Å². The number of carbonyl (C=O) groups excluding carboxylic acids is 1. The van der Waals surface area contributed by atoms with E-state index >= 15 is 0 Å². The van der Waals surface area contributed by atoms with Crippen molar-refractivity contribution >= 4 is 5.78 Å². The van der Waals surface area contributed by atoms with Crippen LogP contribution in [0.1, 0.15) is 42.5 Å². The van der Waals surface area contributed by atoms with Crippen LogP contribution in [0.15, 0.2) is 60.7 Å². The number of rotatable bonds is 9. The number of unbranched alkanes of at least 4 members (excludes halogenated alkanes) is 2. The molecule has 30 heavy (non-hydrogen) atoms. The number of aromatic nitrogens is 4. The summed E-state index contributed by atoms with van der Waals surface area (Å²) in [6.45, 7) is 3.95. The summed E-state index contributed by atoms with van der Waals surface area (Å²) in [5, 5.41) is 12.8. The van der Waals surface area contributed by atoms with Crippen molar-refractivity contribution in [3.05, 3.63) is 66.2 Å². The van der Waals surface area contributed by atoms with E-state index in [4.69, 9.17) is 0 Å². The van der Waals surface area contributed by atoms with E-state index in [1.807, 2.05) is 60.7 Å². The van der Waals surface area contributed by atoms with Gasteiger partial charge in [0.1, 0.15) is 0 Å². The molecule has 0 bridgehead atoms. The predicted octanol–water partition coefficient (Wildman–Crippen LogP) is 4.11. The fourth-order valence-electron chi connectivity index (χ4n) is 4.06. The molecule has 1 aliphatic heterocycles. The monoisotopic (exact) mass is 403 g/mol. The van der Waals surface area contributed by atoms with Gasteiger partial charge in [0.05, 0.1) is 6.54 Å². The maximum absolute atomic E-state index is 12.6. The topological polar surface area (TPSA) is 63.9 Å². The second kappa shape index (κ2) is 10.3. The SMILES string of the molecule is O=C(c1ccccc1)C1CCN(CCCCCn2nnc(-c3ccccc3)n2)CC1. The van der Waals surface area contributed by atoms with Gasteiger partial charge >= 0.3 is 0 Å². The van der Waals surface area contributed by atoms with Crippen LogP contribution < -0.4 is 0 Å². The van der Waals surface area contributed by atoms with Crippen LogP contribution >= 0.6 is 0 Å². The number of nitrogens with zero attached hydrogens (tertiary/aromatic N) is 5. The number of piperidine rings is 1. The van der Waals surface area contributed by atoms with Crippen molar-refractivity contribution in [2.45, 2.75) is 38.6 Å². The molecule has 1 aromatic heterocycles. The van der Waals surface area contributed by atoms with Crippen molar-refractivity contribution in [1.82, 2.24) is 25.1 Å². The van der Waals surface area contributed by atoms with Crippen molar-refractivity contribution in [1.29, 1.82) is 0 Å². The van der Waals surface area contributed by atoms with Crippen LogP contribution in [0.3, 0.4) is 0 Å². The van der Waals surface area contributed by atoms with E-state index in [1.165, 1.54) is 0 Å². The van der Waals surface area contributed by atoms with Gasteiger partial charge in [-0.05, 0) is 50.5 Å². The third-order valence-corrected chi connectivity index (χ3v) is 5.83. The molecule has 1 fully saturated rings. The third-order valence-electron chi connectivity index (χ3n) is 5.83. The zero-order valence-corrected chi connectivity index (χ0v) is 17.4. The van der Waals surface area contributed by atoms with Gasteiger partial charge in [0.2, 0.25) is 5.82 Å². The predicted molar refractivity (Wildman–Crippen MR) is 117 cm³/mol. The summed E-state index contributed by atoms with van der Waals surface area (Å²) < 4.78 is 0. The minimum absolute atomic E-state index is 0.181. The van der Waals surface area contributed by atoms with Gasteiger partial charge in [-0.3, -0.25) is 4.79 Å². The van der Waals surface area contributed by atoms with Gasteiger partial charge in [-0.2, -0.15) is 4.80 Å². The number of carbonyl (C=O) groups is 1. The van der Waals surface area contributed by atoms with Gasteiger partial charge in [0.15, 0.2) is 5.78 Å². The average Bonchev–Trinajstić information content (AvgIpc) is 3.29. The number of benzene rings is 2. The van der Waals surface area contributed by atoms with Gasteiger partial charge < -0.3 is 4.90 Å². The molecule has 6 heteroatoms. The first-order valence-electron chi connectivity index (χ1n) is 10.9. The normalized spacial score (nSPS) is 15.3. The third kappa shape index (κ3) is 5.39. The summed E-state index contributed by atoms with van der Waals surface area (Å²) in [7, 11) is 0. The summed E-state index contributed by atoms with van der Waals surface area (Å²) in [6, 6.07) is 19.7. The Labute approximate surface area is 177 Å². The number of aryl methyl sites for hydroxylation is 1. The van der Waals surface area contributed by atoms with Gasteiger partial charge in [-0.1, -0.05) is 67.1 Å². The highest BCUT2D eigenvalue weighted by Crippen LogP contribution is 2.22. The first-order chi connectivity index (χ1) is 14.8.